The van der Waals surface area contributed by atoms with Crippen LogP contribution in [0.1, 0.15) is 5.56 Å². The van der Waals surface area contributed by atoms with E-state index in [1.807, 2.05) is 19.0 Å². The maximum atomic E-state index is 7.34. The molecule has 0 saturated carbocycles. The zero-order chi connectivity index (χ0) is 11.3. The van der Waals surface area contributed by atoms with Gasteiger partial charge in [0.25, 0.3) is 0 Å². The van der Waals surface area contributed by atoms with Crippen molar-refractivity contribution < 1.29 is 4.74 Å². The average Bonchev–Trinajstić information content (AvgIpc) is 2.17. The van der Waals surface area contributed by atoms with Crippen molar-refractivity contribution in [1.29, 1.82) is 5.41 Å². The number of nitrogen functional groups attached to an aromatic ring is 1. The lowest BCUT2D eigenvalue weighted by atomic mass is 10.2. The Labute approximate surface area is 89.4 Å². The van der Waals surface area contributed by atoms with E-state index in [0.29, 0.717) is 18.1 Å². The fourth-order valence-electron chi connectivity index (χ4n) is 1.04. The molecule has 0 radical (unpaired) electrons. The Morgan fingerprint density at radius 1 is 1.60 bits per heavy atom. The van der Waals surface area contributed by atoms with E-state index in [2.05, 4.69) is 4.98 Å². The summed E-state index contributed by atoms with van der Waals surface area (Å²) in [5.41, 5.74) is 5.94. The summed E-state index contributed by atoms with van der Waals surface area (Å²) in [5.74, 6) is 0.398. The molecule has 0 aliphatic heterocycles. The lowest BCUT2D eigenvalue weighted by Gasteiger charge is -2.12. The summed E-state index contributed by atoms with van der Waals surface area (Å²) < 4.78 is 5.44. The standard InChI is InChI=1S/C10H16N4O/c1-14(2)6-7-15-10-8(9(11)12)4-3-5-13-10/h3-5H,6-7H2,1-2H3,(H3,11,12). The second-order valence-corrected chi connectivity index (χ2v) is 3.42. The number of rotatable bonds is 5. The van der Waals surface area contributed by atoms with Crippen molar-refractivity contribution in [2.45, 2.75) is 0 Å². The predicted molar refractivity (Wildman–Crippen MR) is 59.3 cm³/mol. The maximum Gasteiger partial charge on any atom is 0.224 e. The Balaban J connectivity index is 2.63. The van der Waals surface area contributed by atoms with E-state index >= 15 is 0 Å². The van der Waals surface area contributed by atoms with Gasteiger partial charge in [-0.15, -0.1) is 0 Å². The quantitative estimate of drug-likeness (QED) is 0.539. The van der Waals surface area contributed by atoms with Gasteiger partial charge in [0.15, 0.2) is 0 Å². The summed E-state index contributed by atoms with van der Waals surface area (Å²) in [7, 11) is 3.93. The zero-order valence-corrected chi connectivity index (χ0v) is 9.03. The molecule has 82 valence electrons. The minimum Gasteiger partial charge on any atom is -0.476 e. The van der Waals surface area contributed by atoms with Crippen molar-refractivity contribution in [2.75, 3.05) is 27.2 Å². The first-order valence-electron chi connectivity index (χ1n) is 4.68. The number of amidine groups is 1. The maximum absolute atomic E-state index is 7.34. The number of likely N-dealkylation sites (N-methyl/N-ethyl adjacent to an activating group) is 1. The molecule has 0 amide bonds. The van der Waals surface area contributed by atoms with Crippen LogP contribution in [0.25, 0.3) is 0 Å². The SMILES string of the molecule is CN(C)CCOc1ncccc1C(=N)N. The van der Waals surface area contributed by atoms with Gasteiger partial charge in [0, 0.05) is 12.7 Å². The van der Waals surface area contributed by atoms with E-state index in [9.17, 15) is 0 Å². The number of pyridine rings is 1. The smallest absolute Gasteiger partial charge is 0.224 e. The van der Waals surface area contributed by atoms with E-state index in [0.717, 1.165) is 6.54 Å². The Morgan fingerprint density at radius 2 is 2.33 bits per heavy atom. The van der Waals surface area contributed by atoms with Crippen LogP contribution in [-0.4, -0.2) is 43.0 Å². The Bertz CT molecular complexity index is 338. The normalized spacial score (nSPS) is 10.3. The van der Waals surface area contributed by atoms with E-state index in [1.54, 1.807) is 18.3 Å². The molecule has 1 aromatic heterocycles. The minimum atomic E-state index is -0.0250. The van der Waals surface area contributed by atoms with Crippen LogP contribution >= 0.6 is 0 Å². The number of aromatic nitrogens is 1. The summed E-state index contributed by atoms with van der Waals surface area (Å²) in [6.45, 7) is 1.33. The molecule has 0 unspecified atom stereocenters. The zero-order valence-electron chi connectivity index (χ0n) is 9.03. The van der Waals surface area contributed by atoms with Gasteiger partial charge in [-0.1, -0.05) is 0 Å². The molecule has 5 nitrogen and oxygen atoms in total. The molecule has 0 atom stereocenters. The van der Waals surface area contributed by atoms with Crippen molar-refractivity contribution in [3.05, 3.63) is 23.9 Å². The van der Waals surface area contributed by atoms with Gasteiger partial charge in [0.2, 0.25) is 5.88 Å². The van der Waals surface area contributed by atoms with E-state index in [1.165, 1.54) is 0 Å². The molecular formula is C10H16N4O. The van der Waals surface area contributed by atoms with Crippen molar-refractivity contribution in [3.8, 4) is 5.88 Å². The van der Waals surface area contributed by atoms with Crippen LogP contribution < -0.4 is 10.5 Å². The summed E-state index contributed by atoms with van der Waals surface area (Å²) >= 11 is 0. The van der Waals surface area contributed by atoms with Crippen LogP contribution in [0.5, 0.6) is 5.88 Å². The molecule has 5 heteroatoms. The molecule has 3 N–H and O–H groups in total. The van der Waals surface area contributed by atoms with Gasteiger partial charge < -0.3 is 15.4 Å². The number of ether oxygens (including phenoxy) is 1. The van der Waals surface area contributed by atoms with Crippen molar-refractivity contribution in [1.82, 2.24) is 9.88 Å². The molecule has 0 bridgehead atoms. The molecule has 1 rings (SSSR count). The molecule has 1 heterocycles. The van der Waals surface area contributed by atoms with Gasteiger partial charge in [-0.25, -0.2) is 4.98 Å². The highest BCUT2D eigenvalue weighted by Crippen LogP contribution is 2.12. The summed E-state index contributed by atoms with van der Waals surface area (Å²) in [6.07, 6.45) is 1.62. The van der Waals surface area contributed by atoms with Crippen molar-refractivity contribution in [2.24, 2.45) is 5.73 Å². The van der Waals surface area contributed by atoms with Gasteiger partial charge in [-0.2, -0.15) is 0 Å². The molecule has 0 saturated heterocycles. The summed E-state index contributed by atoms with van der Waals surface area (Å²) in [6, 6.07) is 3.45. The van der Waals surface area contributed by atoms with E-state index in [4.69, 9.17) is 15.9 Å². The van der Waals surface area contributed by atoms with Crippen LogP contribution in [-0.2, 0) is 0 Å². The van der Waals surface area contributed by atoms with Gasteiger partial charge in [-0.3, -0.25) is 5.41 Å². The molecular weight excluding hydrogens is 192 g/mol. The number of hydrogen-bond donors (Lipinski definition) is 2. The van der Waals surface area contributed by atoms with Crippen LogP contribution in [0.4, 0.5) is 0 Å². The molecule has 0 aliphatic carbocycles. The number of hydrogen-bond acceptors (Lipinski definition) is 4. The monoisotopic (exact) mass is 208 g/mol. The first kappa shape index (κ1) is 11.5. The highest BCUT2D eigenvalue weighted by atomic mass is 16.5. The topological polar surface area (TPSA) is 75.2 Å². The molecule has 15 heavy (non-hydrogen) atoms. The molecule has 0 fully saturated rings. The number of nitrogens with one attached hydrogen (secondary N) is 1. The van der Waals surface area contributed by atoms with Crippen molar-refractivity contribution in [3.63, 3.8) is 0 Å². The number of nitrogens with zero attached hydrogens (tertiary/aromatic N) is 2. The minimum absolute atomic E-state index is 0.0250. The van der Waals surface area contributed by atoms with E-state index in [-0.39, 0.29) is 5.84 Å². The lowest BCUT2D eigenvalue weighted by molar-refractivity contribution is 0.253. The molecule has 0 spiro atoms. The summed E-state index contributed by atoms with van der Waals surface area (Å²) in [4.78, 5) is 6.05. The van der Waals surface area contributed by atoms with Crippen LogP contribution in [0.15, 0.2) is 18.3 Å². The van der Waals surface area contributed by atoms with Crippen LogP contribution in [0, 0.1) is 5.41 Å². The average molecular weight is 208 g/mol. The highest BCUT2D eigenvalue weighted by Gasteiger charge is 2.06. The van der Waals surface area contributed by atoms with E-state index < -0.39 is 0 Å². The van der Waals surface area contributed by atoms with Crippen LogP contribution in [0.3, 0.4) is 0 Å². The highest BCUT2D eigenvalue weighted by molar-refractivity contribution is 5.96. The number of nitrogens with two attached hydrogens (primary N) is 1. The third kappa shape index (κ3) is 3.55. The fourth-order valence-corrected chi connectivity index (χ4v) is 1.04. The van der Waals surface area contributed by atoms with Gasteiger partial charge >= 0.3 is 0 Å². The summed E-state index contributed by atoms with van der Waals surface area (Å²) in [5, 5.41) is 7.34. The van der Waals surface area contributed by atoms with Gasteiger partial charge in [-0.05, 0) is 26.2 Å². The van der Waals surface area contributed by atoms with Gasteiger partial charge in [0.05, 0.1) is 5.56 Å². The van der Waals surface area contributed by atoms with Crippen molar-refractivity contribution >= 4 is 5.84 Å². The third-order valence-electron chi connectivity index (χ3n) is 1.84. The lowest BCUT2D eigenvalue weighted by Crippen LogP contribution is -2.21. The molecule has 0 aliphatic rings. The Hall–Kier alpha value is -1.62. The van der Waals surface area contributed by atoms with Gasteiger partial charge in [0.1, 0.15) is 12.4 Å². The molecule has 0 aromatic carbocycles. The Morgan fingerprint density at radius 3 is 2.93 bits per heavy atom. The fraction of sp³-hybridized carbons (Fsp3) is 0.400. The Kier molecular flexibility index (Phi) is 4.05. The second-order valence-electron chi connectivity index (χ2n) is 3.42. The molecule has 1 aromatic rings. The first-order valence-corrected chi connectivity index (χ1v) is 4.68. The largest absolute Gasteiger partial charge is 0.476 e. The van der Waals surface area contributed by atoms with Crippen LogP contribution in [0.2, 0.25) is 0 Å². The second kappa shape index (κ2) is 5.31. The predicted octanol–water partition coefficient (Wildman–Crippen LogP) is 0.306. The third-order valence-corrected chi connectivity index (χ3v) is 1.84. The first-order chi connectivity index (χ1) is 7.11.